The molecule has 0 N–H and O–H groups in total. The van der Waals surface area contributed by atoms with Gasteiger partial charge in [0.05, 0.1) is 11.4 Å². The standard InChI is InChI=1S/C14H8N6O2/c1-3-9(17-11(5-1)13-19-15-7-21-13)10-4-2-6-12(18-10)14-20-16-8-22-14/h1-8H. The van der Waals surface area contributed by atoms with Crippen molar-refractivity contribution in [2.45, 2.75) is 0 Å². The van der Waals surface area contributed by atoms with Gasteiger partial charge in [0, 0.05) is 0 Å². The molecule has 8 nitrogen and oxygen atoms in total. The summed E-state index contributed by atoms with van der Waals surface area (Å²) in [5.74, 6) is 0.713. The topological polar surface area (TPSA) is 104 Å². The minimum absolute atomic E-state index is 0.356. The maximum atomic E-state index is 5.15. The highest BCUT2D eigenvalue weighted by Gasteiger charge is 2.10. The van der Waals surface area contributed by atoms with Crippen LogP contribution in [0.3, 0.4) is 0 Å². The Balaban J connectivity index is 1.76. The monoisotopic (exact) mass is 292 g/mol. The maximum absolute atomic E-state index is 5.15. The summed E-state index contributed by atoms with van der Waals surface area (Å²) in [4.78, 5) is 8.97. The molecule has 0 aromatic carbocycles. The Kier molecular flexibility index (Phi) is 2.90. The summed E-state index contributed by atoms with van der Waals surface area (Å²) in [6, 6.07) is 11.0. The molecule has 22 heavy (non-hydrogen) atoms. The summed E-state index contributed by atoms with van der Waals surface area (Å²) in [7, 11) is 0. The Hall–Kier alpha value is -3.42. The largest absolute Gasteiger partial charge is 0.422 e. The molecule has 0 atom stereocenters. The quantitative estimate of drug-likeness (QED) is 0.566. The third-order valence-electron chi connectivity index (χ3n) is 2.92. The van der Waals surface area contributed by atoms with Gasteiger partial charge in [-0.3, -0.25) is 0 Å². The Morgan fingerprint density at radius 3 is 1.45 bits per heavy atom. The summed E-state index contributed by atoms with van der Waals surface area (Å²) < 4.78 is 10.3. The van der Waals surface area contributed by atoms with Crippen molar-refractivity contribution in [3.63, 3.8) is 0 Å². The normalized spacial score (nSPS) is 10.7. The SMILES string of the molecule is c1cc(-c2cccc(-c3nnco3)n2)nc(-c2nnco2)c1. The van der Waals surface area contributed by atoms with E-state index < -0.39 is 0 Å². The van der Waals surface area contributed by atoms with E-state index in [-0.39, 0.29) is 0 Å². The molecule has 8 heteroatoms. The number of aromatic nitrogens is 6. The third kappa shape index (κ3) is 2.22. The molecule has 4 heterocycles. The first-order chi connectivity index (χ1) is 10.9. The molecule has 4 aromatic heterocycles. The molecular formula is C14H8N6O2. The highest BCUT2D eigenvalue weighted by molar-refractivity contribution is 5.61. The molecule has 0 radical (unpaired) electrons. The highest BCUT2D eigenvalue weighted by atomic mass is 16.4. The van der Waals surface area contributed by atoms with Crippen LogP contribution in [0.15, 0.2) is 58.0 Å². The van der Waals surface area contributed by atoms with Crippen molar-refractivity contribution in [2.75, 3.05) is 0 Å². The van der Waals surface area contributed by atoms with Crippen LogP contribution in [0.25, 0.3) is 34.6 Å². The van der Waals surface area contributed by atoms with Crippen LogP contribution in [-0.2, 0) is 0 Å². The average molecular weight is 292 g/mol. The zero-order valence-corrected chi connectivity index (χ0v) is 11.1. The summed E-state index contributed by atoms with van der Waals surface area (Å²) in [6.45, 7) is 0. The second kappa shape index (κ2) is 5.17. The van der Waals surface area contributed by atoms with E-state index >= 15 is 0 Å². The van der Waals surface area contributed by atoms with Gasteiger partial charge in [-0.1, -0.05) is 12.1 Å². The average Bonchev–Trinajstić information content (AvgIpc) is 3.29. The lowest BCUT2D eigenvalue weighted by molar-refractivity contribution is 0.566. The van der Waals surface area contributed by atoms with E-state index in [1.165, 1.54) is 12.8 Å². The van der Waals surface area contributed by atoms with Gasteiger partial charge in [-0.15, -0.1) is 20.4 Å². The lowest BCUT2D eigenvalue weighted by atomic mass is 10.2. The molecule has 0 spiro atoms. The first kappa shape index (κ1) is 12.3. The fourth-order valence-corrected chi connectivity index (χ4v) is 1.96. The van der Waals surface area contributed by atoms with Crippen LogP contribution in [0.2, 0.25) is 0 Å². The van der Waals surface area contributed by atoms with Crippen molar-refractivity contribution in [2.24, 2.45) is 0 Å². The Morgan fingerprint density at radius 2 is 1.05 bits per heavy atom. The second-order valence-corrected chi connectivity index (χ2v) is 4.30. The van der Waals surface area contributed by atoms with Gasteiger partial charge in [-0.25, -0.2) is 9.97 Å². The van der Waals surface area contributed by atoms with Crippen molar-refractivity contribution in [1.82, 2.24) is 30.4 Å². The van der Waals surface area contributed by atoms with E-state index in [0.717, 1.165) is 0 Å². The van der Waals surface area contributed by atoms with Gasteiger partial charge < -0.3 is 8.83 Å². The summed E-state index contributed by atoms with van der Waals surface area (Å²) in [5.41, 5.74) is 2.52. The number of hydrogen-bond donors (Lipinski definition) is 0. The summed E-state index contributed by atoms with van der Waals surface area (Å²) >= 11 is 0. The van der Waals surface area contributed by atoms with Gasteiger partial charge in [0.2, 0.25) is 12.8 Å². The van der Waals surface area contributed by atoms with Crippen LogP contribution in [0.1, 0.15) is 0 Å². The number of hydrogen-bond acceptors (Lipinski definition) is 8. The molecule has 4 rings (SSSR count). The molecular weight excluding hydrogens is 284 g/mol. The molecule has 0 amide bonds. The van der Waals surface area contributed by atoms with E-state index in [1.807, 2.05) is 24.3 Å². The minimum atomic E-state index is 0.356. The smallest absolute Gasteiger partial charge is 0.266 e. The molecule has 0 aliphatic heterocycles. The molecule has 0 unspecified atom stereocenters. The van der Waals surface area contributed by atoms with Crippen molar-refractivity contribution in [3.8, 4) is 34.6 Å². The molecule has 0 fully saturated rings. The van der Waals surface area contributed by atoms with Crippen LogP contribution >= 0.6 is 0 Å². The fraction of sp³-hybridized carbons (Fsp3) is 0. The van der Waals surface area contributed by atoms with Crippen LogP contribution in [0, 0.1) is 0 Å². The van der Waals surface area contributed by atoms with Crippen LogP contribution < -0.4 is 0 Å². The highest BCUT2D eigenvalue weighted by Crippen LogP contribution is 2.22. The zero-order valence-electron chi connectivity index (χ0n) is 11.1. The van der Waals surface area contributed by atoms with E-state index in [9.17, 15) is 0 Å². The lowest BCUT2D eigenvalue weighted by Crippen LogP contribution is -1.92. The van der Waals surface area contributed by atoms with E-state index in [0.29, 0.717) is 34.6 Å². The van der Waals surface area contributed by atoms with Crippen LogP contribution in [-0.4, -0.2) is 30.4 Å². The van der Waals surface area contributed by atoms with Crippen molar-refractivity contribution < 1.29 is 8.83 Å². The predicted octanol–water partition coefficient (Wildman–Crippen LogP) is 2.24. The zero-order chi connectivity index (χ0) is 14.8. The Morgan fingerprint density at radius 1 is 0.591 bits per heavy atom. The van der Waals surface area contributed by atoms with Crippen molar-refractivity contribution in [1.29, 1.82) is 0 Å². The number of nitrogens with zero attached hydrogens (tertiary/aromatic N) is 6. The van der Waals surface area contributed by atoms with E-state index in [1.54, 1.807) is 12.1 Å². The predicted molar refractivity (Wildman–Crippen MR) is 74.1 cm³/mol. The fourth-order valence-electron chi connectivity index (χ4n) is 1.96. The molecule has 4 aromatic rings. The van der Waals surface area contributed by atoms with Gasteiger partial charge in [-0.05, 0) is 24.3 Å². The van der Waals surface area contributed by atoms with Crippen LogP contribution in [0.5, 0.6) is 0 Å². The lowest BCUT2D eigenvalue weighted by Gasteiger charge is -2.03. The molecule has 0 aliphatic rings. The van der Waals surface area contributed by atoms with Gasteiger partial charge in [0.15, 0.2) is 0 Å². The molecule has 106 valence electrons. The summed E-state index contributed by atoms with van der Waals surface area (Å²) in [5, 5.41) is 15.0. The first-order valence-corrected chi connectivity index (χ1v) is 6.38. The van der Waals surface area contributed by atoms with E-state index in [4.69, 9.17) is 8.83 Å². The first-order valence-electron chi connectivity index (χ1n) is 6.38. The van der Waals surface area contributed by atoms with Crippen molar-refractivity contribution in [3.05, 3.63) is 49.2 Å². The number of rotatable bonds is 3. The van der Waals surface area contributed by atoms with Crippen molar-refractivity contribution >= 4 is 0 Å². The summed E-state index contributed by atoms with van der Waals surface area (Å²) in [6.07, 6.45) is 2.52. The second-order valence-electron chi connectivity index (χ2n) is 4.30. The molecule has 0 saturated carbocycles. The Labute approximate surface area is 123 Å². The molecule has 0 aliphatic carbocycles. The van der Waals surface area contributed by atoms with Gasteiger partial charge in [0.25, 0.3) is 11.8 Å². The van der Waals surface area contributed by atoms with Gasteiger partial charge >= 0.3 is 0 Å². The van der Waals surface area contributed by atoms with Crippen LogP contribution in [0.4, 0.5) is 0 Å². The Bertz CT molecular complexity index is 814. The third-order valence-corrected chi connectivity index (χ3v) is 2.92. The number of pyridine rings is 2. The van der Waals surface area contributed by atoms with Gasteiger partial charge in [0.1, 0.15) is 11.4 Å². The molecule has 0 bridgehead atoms. The molecule has 0 saturated heterocycles. The van der Waals surface area contributed by atoms with Gasteiger partial charge in [-0.2, -0.15) is 0 Å². The minimum Gasteiger partial charge on any atom is -0.422 e. The van der Waals surface area contributed by atoms with E-state index in [2.05, 4.69) is 30.4 Å². The maximum Gasteiger partial charge on any atom is 0.266 e.